The van der Waals surface area contributed by atoms with Crippen LogP contribution in [0.15, 0.2) is 54.7 Å². The molecule has 0 unspecified atom stereocenters. The van der Waals surface area contributed by atoms with E-state index in [1.54, 1.807) is 42.3 Å². The summed E-state index contributed by atoms with van der Waals surface area (Å²) in [5.41, 5.74) is 2.48. The highest BCUT2D eigenvalue weighted by atomic mass is 16.5. The summed E-state index contributed by atoms with van der Waals surface area (Å²) < 4.78 is 12.3. The van der Waals surface area contributed by atoms with Gasteiger partial charge in [0.1, 0.15) is 11.5 Å². The Morgan fingerprint density at radius 3 is 2.62 bits per heavy atom. The summed E-state index contributed by atoms with van der Waals surface area (Å²) >= 11 is 0. The molecule has 3 rings (SSSR count). The van der Waals surface area contributed by atoms with E-state index in [1.165, 1.54) is 0 Å². The van der Waals surface area contributed by atoms with Crippen molar-refractivity contribution in [2.45, 2.75) is 6.54 Å². The molecule has 26 heavy (non-hydrogen) atoms. The number of hydrogen-bond acceptors (Lipinski definition) is 5. The number of hydrogen-bond donors (Lipinski definition) is 1. The third-order valence-electron chi connectivity index (χ3n) is 3.75. The highest BCUT2D eigenvalue weighted by Crippen LogP contribution is 2.17. The van der Waals surface area contributed by atoms with Gasteiger partial charge in [-0.05, 0) is 42.5 Å². The average molecular weight is 352 g/mol. The Labute approximate surface area is 151 Å². The number of amides is 1. The molecule has 0 aliphatic heterocycles. The normalized spacial score (nSPS) is 10.4. The van der Waals surface area contributed by atoms with Crippen LogP contribution in [0, 0.1) is 0 Å². The summed E-state index contributed by atoms with van der Waals surface area (Å²) in [7, 11) is 3.45. The van der Waals surface area contributed by atoms with Gasteiger partial charge in [-0.2, -0.15) is 5.10 Å². The largest absolute Gasteiger partial charge is 0.497 e. The molecule has 0 atom stereocenters. The van der Waals surface area contributed by atoms with Gasteiger partial charge in [0.25, 0.3) is 5.91 Å². The Bertz CT molecular complexity index is 860. The minimum atomic E-state index is -0.217. The van der Waals surface area contributed by atoms with Gasteiger partial charge in [0.15, 0.2) is 6.61 Å². The topological polar surface area (TPSA) is 78.3 Å². The molecule has 2 heterocycles. The molecule has 3 aromatic rings. The number of benzene rings is 1. The second kappa shape index (κ2) is 8.15. The molecule has 7 nitrogen and oxygen atoms in total. The minimum absolute atomic E-state index is 0.0632. The van der Waals surface area contributed by atoms with Gasteiger partial charge in [-0.25, -0.2) is 0 Å². The fourth-order valence-electron chi connectivity index (χ4n) is 2.43. The maximum absolute atomic E-state index is 12.0. The Morgan fingerprint density at radius 2 is 1.92 bits per heavy atom. The maximum atomic E-state index is 12.0. The summed E-state index contributed by atoms with van der Waals surface area (Å²) in [4.78, 5) is 16.3. The number of aryl methyl sites for hydroxylation is 1. The first-order chi connectivity index (χ1) is 12.7. The molecule has 7 heteroatoms. The quantitative estimate of drug-likeness (QED) is 0.705. The van der Waals surface area contributed by atoms with Gasteiger partial charge in [-0.3, -0.25) is 14.5 Å². The number of methoxy groups -OCH3 is 1. The van der Waals surface area contributed by atoms with E-state index >= 15 is 0 Å². The van der Waals surface area contributed by atoms with Crippen LogP contribution in [0.3, 0.4) is 0 Å². The first kappa shape index (κ1) is 17.5. The standard InChI is InChI=1S/C19H20N4O3/c1-23-18(17-5-3-4-10-20-17)11-14(22-23)12-21-19(24)13-26-16-8-6-15(25-2)7-9-16/h3-11H,12-13H2,1-2H3,(H,21,24). The molecule has 1 aromatic carbocycles. The molecular formula is C19H20N4O3. The fraction of sp³-hybridized carbons (Fsp3) is 0.211. The predicted octanol–water partition coefficient (Wildman–Crippen LogP) is 2.19. The molecule has 0 spiro atoms. The van der Waals surface area contributed by atoms with Crippen molar-refractivity contribution in [1.29, 1.82) is 0 Å². The van der Waals surface area contributed by atoms with Gasteiger partial charge in [0.05, 0.1) is 30.7 Å². The molecular weight excluding hydrogens is 332 g/mol. The molecule has 0 radical (unpaired) electrons. The van der Waals surface area contributed by atoms with E-state index in [2.05, 4.69) is 15.4 Å². The average Bonchev–Trinajstić information content (AvgIpc) is 3.06. The van der Waals surface area contributed by atoms with Crippen molar-refractivity contribution in [3.63, 3.8) is 0 Å². The number of rotatable bonds is 7. The molecule has 1 N–H and O–H groups in total. The first-order valence-electron chi connectivity index (χ1n) is 8.13. The van der Waals surface area contributed by atoms with Crippen molar-refractivity contribution < 1.29 is 14.3 Å². The highest BCUT2D eigenvalue weighted by Gasteiger charge is 2.10. The van der Waals surface area contributed by atoms with E-state index in [0.717, 1.165) is 22.8 Å². The molecule has 0 aliphatic rings. The number of carbonyl (C=O) groups is 1. The van der Waals surface area contributed by atoms with Gasteiger partial charge in [-0.15, -0.1) is 0 Å². The maximum Gasteiger partial charge on any atom is 0.258 e. The number of ether oxygens (including phenoxy) is 2. The summed E-state index contributed by atoms with van der Waals surface area (Å²) in [6, 6.07) is 14.7. The molecule has 1 amide bonds. The monoisotopic (exact) mass is 352 g/mol. The van der Waals surface area contributed by atoms with E-state index in [0.29, 0.717) is 12.3 Å². The van der Waals surface area contributed by atoms with Crippen LogP contribution in [0.2, 0.25) is 0 Å². The highest BCUT2D eigenvalue weighted by molar-refractivity contribution is 5.77. The SMILES string of the molecule is COc1ccc(OCC(=O)NCc2cc(-c3ccccn3)n(C)n2)cc1. The van der Waals surface area contributed by atoms with Crippen molar-refractivity contribution >= 4 is 5.91 Å². The number of aromatic nitrogens is 3. The van der Waals surface area contributed by atoms with E-state index < -0.39 is 0 Å². The molecule has 0 aliphatic carbocycles. The van der Waals surface area contributed by atoms with Crippen molar-refractivity contribution in [2.75, 3.05) is 13.7 Å². The molecule has 0 saturated carbocycles. The Morgan fingerprint density at radius 1 is 1.15 bits per heavy atom. The van der Waals surface area contributed by atoms with Gasteiger partial charge >= 0.3 is 0 Å². The van der Waals surface area contributed by atoms with Gasteiger partial charge < -0.3 is 14.8 Å². The molecule has 0 saturated heterocycles. The van der Waals surface area contributed by atoms with Crippen molar-refractivity contribution in [3.8, 4) is 22.9 Å². The van der Waals surface area contributed by atoms with Gasteiger partial charge in [0.2, 0.25) is 0 Å². The molecule has 134 valence electrons. The summed E-state index contributed by atoms with van der Waals surface area (Å²) in [6.07, 6.45) is 1.74. The van der Waals surface area contributed by atoms with Gasteiger partial charge in [0, 0.05) is 13.2 Å². The zero-order valence-electron chi connectivity index (χ0n) is 14.7. The lowest BCUT2D eigenvalue weighted by molar-refractivity contribution is -0.123. The van der Waals surface area contributed by atoms with Crippen molar-refractivity contribution in [3.05, 3.63) is 60.4 Å². The molecule has 0 fully saturated rings. The Kier molecular flexibility index (Phi) is 5.48. The van der Waals surface area contributed by atoms with Crippen molar-refractivity contribution in [1.82, 2.24) is 20.1 Å². The van der Waals surface area contributed by atoms with Crippen LogP contribution in [0.5, 0.6) is 11.5 Å². The zero-order chi connectivity index (χ0) is 18.4. The van der Waals surface area contributed by atoms with Crippen LogP contribution in [-0.2, 0) is 18.4 Å². The number of nitrogens with one attached hydrogen (secondary N) is 1. The molecule has 2 aromatic heterocycles. The van der Waals surface area contributed by atoms with Crippen LogP contribution in [0.25, 0.3) is 11.4 Å². The number of pyridine rings is 1. The third kappa shape index (κ3) is 4.38. The van der Waals surface area contributed by atoms with Crippen LogP contribution in [0.4, 0.5) is 0 Å². The first-order valence-corrected chi connectivity index (χ1v) is 8.13. The zero-order valence-corrected chi connectivity index (χ0v) is 14.7. The number of nitrogens with zero attached hydrogens (tertiary/aromatic N) is 3. The van der Waals surface area contributed by atoms with E-state index in [1.807, 2.05) is 31.3 Å². The Hall–Kier alpha value is -3.35. The molecule has 0 bridgehead atoms. The summed E-state index contributed by atoms with van der Waals surface area (Å²) in [6.45, 7) is 0.262. The van der Waals surface area contributed by atoms with E-state index in [4.69, 9.17) is 9.47 Å². The smallest absolute Gasteiger partial charge is 0.258 e. The summed E-state index contributed by atoms with van der Waals surface area (Å²) in [5.74, 6) is 1.13. The third-order valence-corrected chi connectivity index (χ3v) is 3.75. The minimum Gasteiger partial charge on any atom is -0.497 e. The van der Waals surface area contributed by atoms with E-state index in [-0.39, 0.29) is 12.5 Å². The van der Waals surface area contributed by atoms with E-state index in [9.17, 15) is 4.79 Å². The van der Waals surface area contributed by atoms with Crippen molar-refractivity contribution in [2.24, 2.45) is 7.05 Å². The van der Waals surface area contributed by atoms with Crippen LogP contribution in [0.1, 0.15) is 5.69 Å². The van der Waals surface area contributed by atoms with Crippen LogP contribution < -0.4 is 14.8 Å². The van der Waals surface area contributed by atoms with Gasteiger partial charge in [-0.1, -0.05) is 6.07 Å². The lowest BCUT2D eigenvalue weighted by Gasteiger charge is -2.07. The Balaban J connectivity index is 1.51. The number of carbonyl (C=O) groups excluding carboxylic acids is 1. The second-order valence-corrected chi connectivity index (χ2v) is 5.60. The predicted molar refractivity (Wildman–Crippen MR) is 96.8 cm³/mol. The second-order valence-electron chi connectivity index (χ2n) is 5.60. The summed E-state index contributed by atoms with van der Waals surface area (Å²) in [5, 5.41) is 7.20. The lowest BCUT2D eigenvalue weighted by Crippen LogP contribution is -2.28. The van der Waals surface area contributed by atoms with Crippen LogP contribution in [-0.4, -0.2) is 34.4 Å². The fourth-order valence-corrected chi connectivity index (χ4v) is 2.43. The lowest BCUT2D eigenvalue weighted by atomic mass is 10.2. The van der Waals surface area contributed by atoms with Crippen LogP contribution >= 0.6 is 0 Å².